The maximum atomic E-state index is 6.07. The zero-order chi connectivity index (χ0) is 14.0. The minimum absolute atomic E-state index is 0.160. The molecular formula is C18H23NO. The molecule has 2 heteroatoms. The van der Waals surface area contributed by atoms with Crippen LogP contribution < -0.4 is 5.32 Å². The van der Waals surface area contributed by atoms with Gasteiger partial charge in [0, 0.05) is 18.7 Å². The van der Waals surface area contributed by atoms with E-state index in [1.165, 1.54) is 16.3 Å². The molecule has 0 amide bonds. The molecule has 20 heavy (non-hydrogen) atoms. The van der Waals surface area contributed by atoms with E-state index in [2.05, 4.69) is 61.6 Å². The minimum atomic E-state index is 0.160. The summed E-state index contributed by atoms with van der Waals surface area (Å²) in [5.74, 6) is 0. The van der Waals surface area contributed by atoms with Gasteiger partial charge >= 0.3 is 0 Å². The van der Waals surface area contributed by atoms with Crippen molar-refractivity contribution in [2.24, 2.45) is 0 Å². The van der Waals surface area contributed by atoms with E-state index < -0.39 is 0 Å². The van der Waals surface area contributed by atoms with Crippen LogP contribution >= 0.6 is 0 Å². The van der Waals surface area contributed by atoms with Gasteiger partial charge in [0.2, 0.25) is 0 Å². The van der Waals surface area contributed by atoms with Crippen LogP contribution in [0.5, 0.6) is 0 Å². The molecule has 1 heterocycles. The van der Waals surface area contributed by atoms with Gasteiger partial charge in [-0.05, 0) is 42.2 Å². The number of hydrogen-bond donors (Lipinski definition) is 1. The Morgan fingerprint density at radius 2 is 2.00 bits per heavy atom. The van der Waals surface area contributed by atoms with Crippen molar-refractivity contribution >= 4 is 10.8 Å². The van der Waals surface area contributed by atoms with Gasteiger partial charge in [-0.15, -0.1) is 0 Å². The van der Waals surface area contributed by atoms with E-state index in [0.717, 1.165) is 26.0 Å². The van der Waals surface area contributed by atoms with Gasteiger partial charge in [-0.25, -0.2) is 0 Å². The molecule has 106 valence electrons. The van der Waals surface area contributed by atoms with Crippen molar-refractivity contribution in [2.45, 2.75) is 38.3 Å². The fourth-order valence-corrected chi connectivity index (χ4v) is 2.84. The van der Waals surface area contributed by atoms with Crippen molar-refractivity contribution in [1.29, 1.82) is 0 Å². The monoisotopic (exact) mass is 269 g/mol. The van der Waals surface area contributed by atoms with E-state index >= 15 is 0 Å². The molecule has 0 saturated carbocycles. The van der Waals surface area contributed by atoms with Crippen LogP contribution in [-0.2, 0) is 4.74 Å². The van der Waals surface area contributed by atoms with Crippen LogP contribution in [0.1, 0.15) is 38.4 Å². The molecule has 0 radical (unpaired) electrons. The molecule has 2 aromatic carbocycles. The summed E-state index contributed by atoms with van der Waals surface area (Å²) in [6.07, 6.45) is 2.38. The number of benzene rings is 2. The predicted octanol–water partition coefficient (Wildman–Crippen LogP) is 4.06. The number of fused-ring (bicyclic) bond motifs is 1. The quantitative estimate of drug-likeness (QED) is 0.887. The molecule has 1 aliphatic rings. The van der Waals surface area contributed by atoms with Gasteiger partial charge in [0.1, 0.15) is 0 Å². The lowest BCUT2D eigenvalue weighted by atomic mass is 9.95. The van der Waals surface area contributed by atoms with E-state index in [1.807, 2.05) is 0 Å². The third-order valence-corrected chi connectivity index (χ3v) is 4.61. The van der Waals surface area contributed by atoms with Gasteiger partial charge in [0.25, 0.3) is 0 Å². The standard InChI is InChI=1S/C18H23NO/c1-3-18(2)10-11-20-17(13-19-18)16-9-8-14-6-4-5-7-15(14)12-16/h4-9,12,17,19H,3,10-11,13H2,1-2H3. The van der Waals surface area contributed by atoms with Crippen LogP contribution in [-0.4, -0.2) is 18.7 Å². The Kier molecular flexibility index (Phi) is 3.77. The summed E-state index contributed by atoms with van der Waals surface area (Å²) in [5, 5.41) is 6.26. The van der Waals surface area contributed by atoms with Crippen LogP contribution in [0.15, 0.2) is 42.5 Å². The zero-order valence-corrected chi connectivity index (χ0v) is 12.4. The van der Waals surface area contributed by atoms with Crippen LogP contribution in [0.4, 0.5) is 0 Å². The lowest BCUT2D eigenvalue weighted by Crippen LogP contribution is -2.42. The van der Waals surface area contributed by atoms with E-state index in [0.29, 0.717) is 0 Å². The molecular weight excluding hydrogens is 246 g/mol. The molecule has 1 N–H and O–H groups in total. The maximum absolute atomic E-state index is 6.07. The average Bonchev–Trinajstić information content (AvgIpc) is 2.69. The normalized spacial score (nSPS) is 27.4. The maximum Gasteiger partial charge on any atom is 0.0949 e. The molecule has 1 aliphatic heterocycles. The molecule has 1 saturated heterocycles. The Morgan fingerprint density at radius 1 is 1.20 bits per heavy atom. The van der Waals surface area contributed by atoms with Crippen molar-refractivity contribution in [3.8, 4) is 0 Å². The molecule has 0 spiro atoms. The summed E-state index contributed by atoms with van der Waals surface area (Å²) in [7, 11) is 0. The Morgan fingerprint density at radius 3 is 2.80 bits per heavy atom. The van der Waals surface area contributed by atoms with Crippen LogP contribution in [0, 0.1) is 0 Å². The van der Waals surface area contributed by atoms with Crippen molar-refractivity contribution in [3.63, 3.8) is 0 Å². The Bertz CT molecular complexity index is 595. The molecule has 0 aromatic heterocycles. The molecule has 0 aliphatic carbocycles. The Balaban J connectivity index is 1.84. The molecule has 3 rings (SSSR count). The summed E-state index contributed by atoms with van der Waals surface area (Å²) in [4.78, 5) is 0. The highest BCUT2D eigenvalue weighted by atomic mass is 16.5. The minimum Gasteiger partial charge on any atom is -0.372 e. The first-order valence-corrected chi connectivity index (χ1v) is 7.55. The highest BCUT2D eigenvalue weighted by Crippen LogP contribution is 2.27. The van der Waals surface area contributed by atoms with Crippen molar-refractivity contribution < 1.29 is 4.74 Å². The topological polar surface area (TPSA) is 21.3 Å². The number of ether oxygens (including phenoxy) is 1. The number of hydrogen-bond acceptors (Lipinski definition) is 2. The number of rotatable bonds is 2. The molecule has 2 atom stereocenters. The van der Waals surface area contributed by atoms with Crippen LogP contribution in [0.2, 0.25) is 0 Å². The van der Waals surface area contributed by atoms with Gasteiger partial charge in [-0.3, -0.25) is 0 Å². The van der Waals surface area contributed by atoms with E-state index in [4.69, 9.17) is 4.74 Å². The summed E-state index contributed by atoms with van der Waals surface area (Å²) in [6.45, 7) is 6.25. The van der Waals surface area contributed by atoms with Gasteiger partial charge in [-0.1, -0.05) is 43.3 Å². The fourth-order valence-electron chi connectivity index (χ4n) is 2.84. The van der Waals surface area contributed by atoms with Gasteiger partial charge in [0.15, 0.2) is 0 Å². The lowest BCUT2D eigenvalue weighted by Gasteiger charge is -2.27. The lowest BCUT2D eigenvalue weighted by molar-refractivity contribution is 0.0654. The summed E-state index contributed by atoms with van der Waals surface area (Å²) >= 11 is 0. The van der Waals surface area contributed by atoms with E-state index in [1.54, 1.807) is 0 Å². The van der Waals surface area contributed by atoms with Gasteiger partial charge in [-0.2, -0.15) is 0 Å². The Labute approximate surface area is 121 Å². The highest BCUT2D eigenvalue weighted by Gasteiger charge is 2.27. The smallest absolute Gasteiger partial charge is 0.0949 e. The zero-order valence-electron chi connectivity index (χ0n) is 12.4. The third-order valence-electron chi connectivity index (χ3n) is 4.61. The van der Waals surface area contributed by atoms with Crippen LogP contribution in [0.3, 0.4) is 0 Å². The number of nitrogens with one attached hydrogen (secondary N) is 1. The molecule has 2 nitrogen and oxygen atoms in total. The molecule has 1 fully saturated rings. The first kappa shape index (κ1) is 13.6. The Hall–Kier alpha value is -1.38. The fraction of sp³-hybridized carbons (Fsp3) is 0.444. The van der Waals surface area contributed by atoms with Crippen LogP contribution in [0.25, 0.3) is 10.8 Å². The second-order valence-corrected chi connectivity index (χ2v) is 6.01. The summed E-state index contributed by atoms with van der Waals surface area (Å²) < 4.78 is 6.07. The summed E-state index contributed by atoms with van der Waals surface area (Å²) in [6, 6.07) is 15.1. The average molecular weight is 269 g/mol. The second kappa shape index (κ2) is 5.55. The van der Waals surface area contributed by atoms with Gasteiger partial charge in [0.05, 0.1) is 6.10 Å². The van der Waals surface area contributed by atoms with Gasteiger partial charge < -0.3 is 10.1 Å². The molecule has 0 bridgehead atoms. The first-order chi connectivity index (χ1) is 9.70. The predicted molar refractivity (Wildman–Crippen MR) is 84.0 cm³/mol. The van der Waals surface area contributed by atoms with Crippen molar-refractivity contribution in [2.75, 3.05) is 13.2 Å². The first-order valence-electron chi connectivity index (χ1n) is 7.55. The highest BCUT2D eigenvalue weighted by molar-refractivity contribution is 5.83. The second-order valence-electron chi connectivity index (χ2n) is 6.01. The molecule has 2 aromatic rings. The van der Waals surface area contributed by atoms with E-state index in [-0.39, 0.29) is 11.6 Å². The van der Waals surface area contributed by atoms with Crippen molar-refractivity contribution in [1.82, 2.24) is 5.32 Å². The summed E-state index contributed by atoms with van der Waals surface area (Å²) in [5.41, 5.74) is 1.49. The van der Waals surface area contributed by atoms with Crippen molar-refractivity contribution in [3.05, 3.63) is 48.0 Å². The van der Waals surface area contributed by atoms with E-state index in [9.17, 15) is 0 Å². The largest absolute Gasteiger partial charge is 0.372 e. The third kappa shape index (κ3) is 2.72. The SMILES string of the molecule is CCC1(C)CCOC(c2ccc3ccccc3c2)CN1. The molecule has 2 unspecified atom stereocenters.